The van der Waals surface area contributed by atoms with Crippen molar-refractivity contribution in [2.24, 2.45) is 0 Å². The van der Waals surface area contributed by atoms with E-state index in [1.807, 2.05) is 18.2 Å². The van der Waals surface area contributed by atoms with Gasteiger partial charge < -0.3 is 5.32 Å². The van der Waals surface area contributed by atoms with Crippen molar-refractivity contribution in [2.75, 3.05) is 0 Å². The van der Waals surface area contributed by atoms with Gasteiger partial charge in [-0.25, -0.2) is 4.39 Å². The monoisotopic (exact) mass is 331 g/mol. The summed E-state index contributed by atoms with van der Waals surface area (Å²) in [6, 6.07) is 6.43. The molecule has 3 rings (SSSR count). The van der Waals surface area contributed by atoms with Crippen molar-refractivity contribution < 1.29 is 4.39 Å². The maximum absolute atomic E-state index is 15.0. The van der Waals surface area contributed by atoms with Crippen molar-refractivity contribution in [3.8, 4) is 0 Å². The Balaban J connectivity index is 1.79. The number of piperidine rings is 1. The van der Waals surface area contributed by atoms with Gasteiger partial charge in [-0.3, -0.25) is 0 Å². The molecule has 0 aromatic heterocycles. The van der Waals surface area contributed by atoms with Gasteiger partial charge in [0.15, 0.2) is 0 Å². The Morgan fingerprint density at radius 2 is 2.00 bits per heavy atom. The van der Waals surface area contributed by atoms with Gasteiger partial charge in [-0.05, 0) is 43.4 Å². The predicted octanol–water partition coefficient (Wildman–Crippen LogP) is 4.27. The molecule has 2 fully saturated rings. The summed E-state index contributed by atoms with van der Waals surface area (Å²) in [7, 11) is 0. The number of hydrogen-bond donors (Lipinski definition) is 1. The highest BCUT2D eigenvalue weighted by Gasteiger charge is 2.44. The predicted molar refractivity (Wildman–Crippen MR) is 75.9 cm³/mol. The summed E-state index contributed by atoms with van der Waals surface area (Å²) >= 11 is 9.56. The van der Waals surface area contributed by atoms with E-state index in [9.17, 15) is 4.39 Å². The molecule has 2 unspecified atom stereocenters. The summed E-state index contributed by atoms with van der Waals surface area (Å²) in [6.45, 7) is 0. The minimum Gasteiger partial charge on any atom is -0.311 e. The summed E-state index contributed by atoms with van der Waals surface area (Å²) < 4.78 is 15.9. The molecule has 0 saturated carbocycles. The zero-order valence-corrected chi connectivity index (χ0v) is 12.4. The molecule has 2 aliphatic rings. The molecule has 98 valence electrons. The molecule has 2 bridgehead atoms. The summed E-state index contributed by atoms with van der Waals surface area (Å²) in [6.07, 6.45) is 3.91. The molecule has 2 heterocycles. The lowest BCUT2D eigenvalue weighted by Gasteiger charge is -2.35. The Labute approximate surface area is 120 Å². The van der Waals surface area contributed by atoms with Gasteiger partial charge in [0.2, 0.25) is 0 Å². The smallest absolute Gasteiger partial charge is 0.118 e. The van der Waals surface area contributed by atoms with E-state index in [1.54, 1.807) is 0 Å². The maximum atomic E-state index is 15.0. The summed E-state index contributed by atoms with van der Waals surface area (Å²) in [5.41, 5.74) is -0.169. The van der Waals surface area contributed by atoms with Crippen LogP contribution in [0, 0.1) is 0 Å². The first-order valence-corrected chi connectivity index (χ1v) is 7.60. The van der Waals surface area contributed by atoms with E-state index in [0.29, 0.717) is 36.4 Å². The van der Waals surface area contributed by atoms with E-state index in [1.165, 1.54) is 0 Å². The van der Waals surface area contributed by atoms with E-state index in [4.69, 9.17) is 11.6 Å². The van der Waals surface area contributed by atoms with Crippen LogP contribution in [0.15, 0.2) is 22.7 Å². The lowest BCUT2D eigenvalue weighted by Crippen LogP contribution is -2.47. The second-order valence-electron chi connectivity index (χ2n) is 5.61. The van der Waals surface area contributed by atoms with Gasteiger partial charge in [-0.15, -0.1) is 0 Å². The molecule has 0 aliphatic carbocycles. The first-order chi connectivity index (χ1) is 8.54. The minimum absolute atomic E-state index is 0.364. The van der Waals surface area contributed by atoms with Crippen LogP contribution in [-0.4, -0.2) is 17.8 Å². The number of halogens is 3. The second-order valence-corrected chi connectivity index (χ2v) is 6.93. The van der Waals surface area contributed by atoms with Crippen LogP contribution in [-0.2, 0) is 6.42 Å². The quantitative estimate of drug-likeness (QED) is 0.853. The van der Waals surface area contributed by atoms with E-state index in [-0.39, 0.29) is 0 Å². The fourth-order valence-electron chi connectivity index (χ4n) is 3.34. The highest BCUT2D eigenvalue weighted by Crippen LogP contribution is 2.40. The number of nitrogens with one attached hydrogen (secondary N) is 1. The lowest BCUT2D eigenvalue weighted by atomic mass is 9.84. The van der Waals surface area contributed by atoms with Gasteiger partial charge in [0, 0.05) is 28.0 Å². The van der Waals surface area contributed by atoms with Crippen molar-refractivity contribution in [3.05, 3.63) is 33.3 Å². The molecule has 2 aliphatic heterocycles. The standard InChI is InChI=1S/C14H16BrClFN/c15-10-2-1-9(13(16)5-10)6-14(17)7-11-3-4-12(8-14)18-11/h1-2,5,11-12,18H,3-4,6-8H2. The Bertz CT molecular complexity index is 453. The van der Waals surface area contributed by atoms with Crippen LogP contribution in [0.5, 0.6) is 0 Å². The fourth-order valence-corrected chi connectivity index (χ4v) is 4.08. The SMILES string of the molecule is FC1(Cc2ccc(Br)cc2Cl)CC2CCC(C1)N2. The summed E-state index contributed by atoms with van der Waals surface area (Å²) in [5.74, 6) is 0. The molecule has 0 spiro atoms. The van der Waals surface area contributed by atoms with Gasteiger partial charge in [0.1, 0.15) is 5.67 Å². The molecule has 0 amide bonds. The Morgan fingerprint density at radius 3 is 2.61 bits per heavy atom. The zero-order chi connectivity index (χ0) is 12.8. The number of fused-ring (bicyclic) bond motifs is 2. The zero-order valence-electron chi connectivity index (χ0n) is 10.1. The molecule has 18 heavy (non-hydrogen) atoms. The average Bonchev–Trinajstić information content (AvgIpc) is 2.63. The number of hydrogen-bond acceptors (Lipinski definition) is 1. The van der Waals surface area contributed by atoms with E-state index >= 15 is 0 Å². The van der Waals surface area contributed by atoms with Crippen LogP contribution in [0.25, 0.3) is 0 Å². The van der Waals surface area contributed by atoms with Crippen molar-refractivity contribution in [1.82, 2.24) is 5.32 Å². The van der Waals surface area contributed by atoms with Crippen LogP contribution >= 0.6 is 27.5 Å². The number of benzene rings is 1. The molecule has 1 aromatic carbocycles. The van der Waals surface area contributed by atoms with Gasteiger partial charge in [0.05, 0.1) is 0 Å². The van der Waals surface area contributed by atoms with Crippen LogP contribution < -0.4 is 5.32 Å². The van der Waals surface area contributed by atoms with Crippen molar-refractivity contribution in [2.45, 2.75) is 49.9 Å². The average molecular weight is 333 g/mol. The topological polar surface area (TPSA) is 12.0 Å². The first kappa shape index (κ1) is 12.9. The van der Waals surface area contributed by atoms with Crippen molar-refractivity contribution >= 4 is 27.5 Å². The van der Waals surface area contributed by atoms with E-state index in [0.717, 1.165) is 22.9 Å². The van der Waals surface area contributed by atoms with Crippen LogP contribution in [0.1, 0.15) is 31.2 Å². The molecule has 4 heteroatoms. The van der Waals surface area contributed by atoms with Crippen molar-refractivity contribution in [1.29, 1.82) is 0 Å². The highest BCUT2D eigenvalue weighted by molar-refractivity contribution is 9.10. The van der Waals surface area contributed by atoms with Gasteiger partial charge in [-0.1, -0.05) is 33.6 Å². The highest BCUT2D eigenvalue weighted by atomic mass is 79.9. The van der Waals surface area contributed by atoms with Crippen molar-refractivity contribution in [3.63, 3.8) is 0 Å². The lowest BCUT2D eigenvalue weighted by molar-refractivity contribution is 0.0894. The van der Waals surface area contributed by atoms with Gasteiger partial charge >= 0.3 is 0 Å². The molecule has 1 aromatic rings. The summed E-state index contributed by atoms with van der Waals surface area (Å²) in [5, 5.41) is 4.13. The number of rotatable bonds is 2. The van der Waals surface area contributed by atoms with E-state index < -0.39 is 5.67 Å². The third-order valence-electron chi connectivity index (χ3n) is 4.08. The Kier molecular flexibility index (Phi) is 3.41. The molecular formula is C14H16BrClFN. The van der Waals surface area contributed by atoms with E-state index in [2.05, 4.69) is 21.2 Å². The number of alkyl halides is 1. The molecule has 2 atom stereocenters. The largest absolute Gasteiger partial charge is 0.311 e. The third kappa shape index (κ3) is 2.59. The maximum Gasteiger partial charge on any atom is 0.118 e. The Morgan fingerprint density at radius 1 is 1.33 bits per heavy atom. The first-order valence-electron chi connectivity index (χ1n) is 6.43. The molecule has 1 N–H and O–H groups in total. The second kappa shape index (κ2) is 4.77. The Hall–Kier alpha value is -0.120. The van der Waals surface area contributed by atoms with Crippen LogP contribution in [0.3, 0.4) is 0 Å². The molecule has 2 saturated heterocycles. The fraction of sp³-hybridized carbons (Fsp3) is 0.571. The normalized spacial score (nSPS) is 34.8. The third-order valence-corrected chi connectivity index (χ3v) is 4.93. The molecular weight excluding hydrogens is 317 g/mol. The summed E-state index contributed by atoms with van der Waals surface area (Å²) in [4.78, 5) is 0. The minimum atomic E-state index is -1.09. The molecule has 1 nitrogen and oxygen atoms in total. The molecule has 0 radical (unpaired) electrons. The van der Waals surface area contributed by atoms with Crippen LogP contribution in [0.2, 0.25) is 5.02 Å². The van der Waals surface area contributed by atoms with Gasteiger partial charge in [0.25, 0.3) is 0 Å². The van der Waals surface area contributed by atoms with Crippen LogP contribution in [0.4, 0.5) is 4.39 Å². The van der Waals surface area contributed by atoms with Gasteiger partial charge in [-0.2, -0.15) is 0 Å².